The Morgan fingerprint density at radius 3 is 2.22 bits per heavy atom. The van der Waals surface area contributed by atoms with Crippen LogP contribution in [0.25, 0.3) is 0 Å². The molecule has 0 fully saturated rings. The molecule has 0 radical (unpaired) electrons. The lowest BCUT2D eigenvalue weighted by Gasteiger charge is -2.07. The highest BCUT2D eigenvalue weighted by Gasteiger charge is 2.10. The SMILES string of the molecule is CC(O)CC(C)C(N)=O. The Bertz CT molecular complexity index is 101. The number of rotatable bonds is 3. The molecule has 0 aliphatic rings. The van der Waals surface area contributed by atoms with Crippen LogP contribution in [0.3, 0.4) is 0 Å². The van der Waals surface area contributed by atoms with Gasteiger partial charge < -0.3 is 10.8 Å². The van der Waals surface area contributed by atoms with Gasteiger partial charge in [-0.15, -0.1) is 0 Å². The maximum atomic E-state index is 10.3. The normalized spacial score (nSPS) is 16.8. The molecule has 0 saturated carbocycles. The molecule has 3 nitrogen and oxygen atoms in total. The van der Waals surface area contributed by atoms with Crippen molar-refractivity contribution < 1.29 is 9.90 Å². The van der Waals surface area contributed by atoms with Crippen molar-refractivity contribution in [1.29, 1.82) is 0 Å². The topological polar surface area (TPSA) is 63.3 Å². The molecule has 0 aliphatic carbocycles. The minimum Gasteiger partial charge on any atom is -0.393 e. The zero-order chi connectivity index (χ0) is 7.44. The molecular formula is C6H13NO2. The van der Waals surface area contributed by atoms with E-state index in [4.69, 9.17) is 10.8 Å². The van der Waals surface area contributed by atoms with Gasteiger partial charge in [-0.2, -0.15) is 0 Å². The van der Waals surface area contributed by atoms with Gasteiger partial charge in [0.1, 0.15) is 0 Å². The fourth-order valence-corrected chi connectivity index (χ4v) is 0.628. The number of carbonyl (C=O) groups excluding carboxylic acids is 1. The smallest absolute Gasteiger partial charge is 0.220 e. The fraction of sp³-hybridized carbons (Fsp3) is 0.833. The minimum atomic E-state index is -0.438. The molecule has 0 spiro atoms. The number of carbonyl (C=O) groups is 1. The maximum absolute atomic E-state index is 10.3. The quantitative estimate of drug-likeness (QED) is 0.560. The molecule has 3 N–H and O–H groups in total. The third kappa shape index (κ3) is 3.97. The van der Waals surface area contributed by atoms with Crippen LogP contribution in [0.1, 0.15) is 20.3 Å². The first-order valence-corrected chi connectivity index (χ1v) is 3.01. The summed E-state index contributed by atoms with van der Waals surface area (Å²) in [5.74, 6) is -0.569. The van der Waals surface area contributed by atoms with Gasteiger partial charge in [-0.25, -0.2) is 0 Å². The molecular weight excluding hydrogens is 118 g/mol. The van der Waals surface area contributed by atoms with Gasteiger partial charge in [0.15, 0.2) is 0 Å². The third-order valence-corrected chi connectivity index (χ3v) is 1.18. The molecule has 0 heterocycles. The summed E-state index contributed by atoms with van der Waals surface area (Å²) in [6.45, 7) is 3.34. The maximum Gasteiger partial charge on any atom is 0.220 e. The lowest BCUT2D eigenvalue weighted by atomic mass is 10.0. The number of hydrogen-bond acceptors (Lipinski definition) is 2. The van der Waals surface area contributed by atoms with Crippen LogP contribution in [-0.4, -0.2) is 17.1 Å². The van der Waals surface area contributed by atoms with E-state index in [9.17, 15) is 4.79 Å². The second-order valence-corrected chi connectivity index (χ2v) is 2.39. The van der Waals surface area contributed by atoms with Gasteiger partial charge >= 0.3 is 0 Å². The lowest BCUT2D eigenvalue weighted by Crippen LogP contribution is -2.23. The minimum absolute atomic E-state index is 0.218. The zero-order valence-electron chi connectivity index (χ0n) is 5.79. The average Bonchev–Trinajstić information content (AvgIpc) is 1.63. The van der Waals surface area contributed by atoms with E-state index in [0.29, 0.717) is 6.42 Å². The predicted molar refractivity (Wildman–Crippen MR) is 34.7 cm³/mol. The molecule has 0 bridgehead atoms. The van der Waals surface area contributed by atoms with E-state index in [1.165, 1.54) is 0 Å². The Morgan fingerprint density at radius 2 is 2.11 bits per heavy atom. The monoisotopic (exact) mass is 131 g/mol. The van der Waals surface area contributed by atoms with Crippen molar-refractivity contribution in [2.24, 2.45) is 11.7 Å². The van der Waals surface area contributed by atoms with E-state index in [1.807, 2.05) is 0 Å². The van der Waals surface area contributed by atoms with Gasteiger partial charge in [0.2, 0.25) is 5.91 Å². The molecule has 0 aromatic heterocycles. The van der Waals surface area contributed by atoms with E-state index < -0.39 is 6.10 Å². The second-order valence-electron chi connectivity index (χ2n) is 2.39. The van der Waals surface area contributed by atoms with Crippen LogP contribution in [0.15, 0.2) is 0 Å². The number of aliphatic hydroxyl groups excluding tert-OH is 1. The highest BCUT2D eigenvalue weighted by Crippen LogP contribution is 2.03. The summed E-state index contributed by atoms with van der Waals surface area (Å²) in [6, 6.07) is 0. The summed E-state index contributed by atoms with van der Waals surface area (Å²) in [5, 5.41) is 8.76. The highest BCUT2D eigenvalue weighted by atomic mass is 16.3. The van der Waals surface area contributed by atoms with E-state index in [-0.39, 0.29) is 11.8 Å². The lowest BCUT2D eigenvalue weighted by molar-refractivity contribution is -0.122. The van der Waals surface area contributed by atoms with Crippen LogP contribution in [-0.2, 0) is 4.79 Å². The van der Waals surface area contributed by atoms with Gasteiger partial charge in [-0.1, -0.05) is 6.92 Å². The van der Waals surface area contributed by atoms with Gasteiger partial charge in [-0.05, 0) is 13.3 Å². The summed E-state index contributed by atoms with van der Waals surface area (Å²) >= 11 is 0. The Hall–Kier alpha value is -0.570. The van der Waals surface area contributed by atoms with E-state index in [0.717, 1.165) is 0 Å². The van der Waals surface area contributed by atoms with Crippen LogP contribution in [0.4, 0.5) is 0 Å². The van der Waals surface area contributed by atoms with Crippen LogP contribution < -0.4 is 5.73 Å². The van der Waals surface area contributed by atoms with Crippen molar-refractivity contribution in [2.75, 3.05) is 0 Å². The molecule has 2 atom stereocenters. The molecule has 0 rings (SSSR count). The van der Waals surface area contributed by atoms with Crippen LogP contribution in [0.5, 0.6) is 0 Å². The van der Waals surface area contributed by atoms with Crippen LogP contribution in [0.2, 0.25) is 0 Å². The Kier molecular flexibility index (Phi) is 3.24. The molecule has 0 aliphatic heterocycles. The number of primary amides is 1. The highest BCUT2D eigenvalue weighted by molar-refractivity contribution is 5.76. The van der Waals surface area contributed by atoms with Crippen molar-refractivity contribution in [3.05, 3.63) is 0 Å². The van der Waals surface area contributed by atoms with Crippen molar-refractivity contribution in [3.63, 3.8) is 0 Å². The first kappa shape index (κ1) is 8.43. The standard InChI is InChI=1S/C6H13NO2/c1-4(6(7)9)3-5(2)8/h4-5,8H,3H2,1-2H3,(H2,7,9). The number of hydrogen-bond donors (Lipinski definition) is 2. The van der Waals surface area contributed by atoms with E-state index in [1.54, 1.807) is 13.8 Å². The molecule has 0 aromatic carbocycles. The molecule has 1 amide bonds. The Balaban J connectivity index is 3.50. The van der Waals surface area contributed by atoms with Gasteiger partial charge in [0, 0.05) is 5.92 Å². The van der Waals surface area contributed by atoms with E-state index in [2.05, 4.69) is 0 Å². The molecule has 2 unspecified atom stereocenters. The third-order valence-electron chi connectivity index (χ3n) is 1.18. The van der Waals surface area contributed by atoms with Crippen LogP contribution in [0, 0.1) is 5.92 Å². The van der Waals surface area contributed by atoms with Gasteiger partial charge in [0.25, 0.3) is 0 Å². The van der Waals surface area contributed by atoms with Gasteiger partial charge in [-0.3, -0.25) is 4.79 Å². The van der Waals surface area contributed by atoms with Crippen molar-refractivity contribution >= 4 is 5.91 Å². The second kappa shape index (κ2) is 3.45. The molecule has 9 heavy (non-hydrogen) atoms. The average molecular weight is 131 g/mol. The Labute approximate surface area is 54.9 Å². The number of aliphatic hydroxyl groups is 1. The first-order chi connectivity index (χ1) is 4.04. The summed E-state index contributed by atoms with van der Waals surface area (Å²) in [5.41, 5.74) is 4.93. The number of amides is 1. The van der Waals surface area contributed by atoms with Crippen molar-refractivity contribution in [2.45, 2.75) is 26.4 Å². The Morgan fingerprint density at radius 1 is 1.67 bits per heavy atom. The van der Waals surface area contributed by atoms with E-state index >= 15 is 0 Å². The largest absolute Gasteiger partial charge is 0.393 e. The van der Waals surface area contributed by atoms with Crippen LogP contribution >= 0.6 is 0 Å². The first-order valence-electron chi connectivity index (χ1n) is 3.01. The summed E-state index contributed by atoms with van der Waals surface area (Å²) in [7, 11) is 0. The molecule has 3 heteroatoms. The molecule has 0 saturated heterocycles. The zero-order valence-corrected chi connectivity index (χ0v) is 5.79. The molecule has 54 valence electrons. The van der Waals surface area contributed by atoms with Gasteiger partial charge in [0.05, 0.1) is 6.10 Å². The summed E-state index contributed by atoms with van der Waals surface area (Å²) in [6.07, 6.45) is 0.0162. The summed E-state index contributed by atoms with van der Waals surface area (Å²) < 4.78 is 0. The number of nitrogens with two attached hydrogens (primary N) is 1. The molecule has 0 aromatic rings. The van der Waals surface area contributed by atoms with Crippen molar-refractivity contribution in [1.82, 2.24) is 0 Å². The summed E-state index contributed by atoms with van der Waals surface area (Å²) in [4.78, 5) is 10.3. The fourth-order valence-electron chi connectivity index (χ4n) is 0.628. The van der Waals surface area contributed by atoms with Crippen molar-refractivity contribution in [3.8, 4) is 0 Å². The predicted octanol–water partition coefficient (Wildman–Crippen LogP) is -0.121.